The van der Waals surface area contributed by atoms with Gasteiger partial charge in [0.25, 0.3) is 0 Å². The number of hydrogen-bond donors (Lipinski definition) is 2. The maximum Gasteiger partial charge on any atom is 0.405 e. The highest BCUT2D eigenvalue weighted by Crippen LogP contribution is 2.23. The third-order valence-corrected chi connectivity index (χ3v) is 3.83. The third kappa shape index (κ3) is 7.53. The third-order valence-electron chi connectivity index (χ3n) is 2.84. The number of halogens is 3. The first-order chi connectivity index (χ1) is 12.6. The van der Waals surface area contributed by atoms with Gasteiger partial charge < -0.3 is 10.1 Å². The number of imide groups is 1. The molecule has 0 fully saturated rings. The van der Waals surface area contributed by atoms with Crippen LogP contribution in [0.25, 0.3) is 0 Å². The molecule has 0 saturated heterocycles. The summed E-state index contributed by atoms with van der Waals surface area (Å²) in [6.45, 7) is 1.71. The van der Waals surface area contributed by atoms with E-state index in [1.54, 1.807) is 12.2 Å². The number of nitrogens with zero attached hydrogens (tertiary/aromatic N) is 2. The number of aryl methyl sites for hydroxylation is 1. The van der Waals surface area contributed by atoms with E-state index in [0.717, 1.165) is 11.8 Å². The summed E-state index contributed by atoms with van der Waals surface area (Å²) in [5.41, 5.74) is 0.398. The molecule has 8 nitrogen and oxygen atoms in total. The average molecular weight is 404 g/mol. The molecule has 0 aliphatic carbocycles. The van der Waals surface area contributed by atoms with E-state index in [1.807, 2.05) is 6.07 Å². The van der Waals surface area contributed by atoms with Crippen molar-refractivity contribution in [3.05, 3.63) is 22.9 Å². The Morgan fingerprint density at radius 2 is 2.04 bits per heavy atom. The number of pyridine rings is 1. The van der Waals surface area contributed by atoms with Crippen LogP contribution in [-0.2, 0) is 9.53 Å². The maximum absolute atomic E-state index is 12.0. The van der Waals surface area contributed by atoms with Crippen LogP contribution in [0, 0.1) is 18.3 Å². The molecule has 1 aromatic rings. The van der Waals surface area contributed by atoms with E-state index in [-0.39, 0.29) is 34.2 Å². The van der Waals surface area contributed by atoms with Crippen LogP contribution < -0.4 is 10.6 Å². The van der Waals surface area contributed by atoms with Crippen LogP contribution in [0.3, 0.4) is 0 Å². The zero-order valence-corrected chi connectivity index (χ0v) is 15.1. The highest BCUT2D eigenvalue weighted by molar-refractivity contribution is 8.00. The predicted octanol–water partition coefficient (Wildman–Crippen LogP) is 1.92. The van der Waals surface area contributed by atoms with Gasteiger partial charge in [0, 0.05) is 0 Å². The van der Waals surface area contributed by atoms with Gasteiger partial charge in [0.15, 0.2) is 0 Å². The van der Waals surface area contributed by atoms with Gasteiger partial charge in [0.2, 0.25) is 5.91 Å². The van der Waals surface area contributed by atoms with E-state index in [0.29, 0.717) is 0 Å². The smallest absolute Gasteiger partial charge is 0.405 e. The van der Waals surface area contributed by atoms with Gasteiger partial charge >= 0.3 is 18.2 Å². The Morgan fingerprint density at radius 3 is 2.59 bits per heavy atom. The molecule has 0 bridgehead atoms. The molecule has 27 heavy (non-hydrogen) atoms. The predicted molar refractivity (Wildman–Crippen MR) is 88.0 cm³/mol. The molecular formula is C15H15F3N4O4S. The van der Waals surface area contributed by atoms with E-state index in [2.05, 4.69) is 4.98 Å². The van der Waals surface area contributed by atoms with Crippen molar-refractivity contribution in [2.45, 2.75) is 25.0 Å². The van der Waals surface area contributed by atoms with Crippen LogP contribution in [0.15, 0.2) is 11.1 Å². The lowest BCUT2D eigenvalue weighted by Crippen LogP contribution is -2.43. The first kappa shape index (κ1) is 22.2. The second kappa shape index (κ2) is 9.77. The van der Waals surface area contributed by atoms with Crippen LogP contribution in [0.2, 0.25) is 0 Å². The highest BCUT2D eigenvalue weighted by atomic mass is 32.2. The zero-order chi connectivity index (χ0) is 20.6. The van der Waals surface area contributed by atoms with Gasteiger partial charge in [-0.2, -0.15) is 18.4 Å². The second-order valence-corrected chi connectivity index (χ2v) is 5.91. The fourth-order valence-corrected chi connectivity index (χ4v) is 2.51. The molecule has 2 N–H and O–H groups in total. The number of urea groups is 1. The summed E-state index contributed by atoms with van der Waals surface area (Å²) in [7, 11) is 0. The van der Waals surface area contributed by atoms with Crippen molar-refractivity contribution in [1.82, 2.24) is 15.6 Å². The SMILES string of the molecule is CCOC(=O)c1cc(C#N)c(SCC(=O)NC(=O)NCC(F)(F)F)nc1C. The number of thioether (sulfide) groups is 1. The molecule has 146 valence electrons. The summed E-state index contributed by atoms with van der Waals surface area (Å²) < 4.78 is 40.8. The molecule has 0 radical (unpaired) electrons. The molecule has 0 spiro atoms. The van der Waals surface area contributed by atoms with Crippen molar-refractivity contribution >= 4 is 29.7 Å². The van der Waals surface area contributed by atoms with Gasteiger partial charge in [-0.25, -0.2) is 14.6 Å². The Balaban J connectivity index is 2.72. The molecule has 0 aliphatic rings. The van der Waals surface area contributed by atoms with E-state index in [9.17, 15) is 32.8 Å². The van der Waals surface area contributed by atoms with Gasteiger partial charge in [-0.1, -0.05) is 11.8 Å². The quantitative estimate of drug-likeness (QED) is 0.549. The number of ether oxygens (including phenoxy) is 1. The molecule has 1 heterocycles. The number of alkyl halides is 3. The van der Waals surface area contributed by atoms with Crippen molar-refractivity contribution in [3.63, 3.8) is 0 Å². The van der Waals surface area contributed by atoms with Gasteiger partial charge in [-0.15, -0.1) is 0 Å². The number of nitriles is 1. The number of carbonyl (C=O) groups is 3. The molecule has 12 heteroatoms. The molecular weight excluding hydrogens is 389 g/mol. The van der Waals surface area contributed by atoms with Crippen molar-refractivity contribution in [2.75, 3.05) is 18.9 Å². The lowest BCUT2D eigenvalue weighted by molar-refractivity contribution is -0.124. The number of aromatic nitrogens is 1. The van der Waals surface area contributed by atoms with E-state index in [1.165, 1.54) is 18.3 Å². The van der Waals surface area contributed by atoms with Gasteiger partial charge in [-0.05, 0) is 19.9 Å². The van der Waals surface area contributed by atoms with Crippen LogP contribution in [-0.4, -0.2) is 48.0 Å². The summed E-state index contributed by atoms with van der Waals surface area (Å²) in [5.74, 6) is -1.90. The average Bonchev–Trinajstić information content (AvgIpc) is 2.57. The number of amides is 3. The number of nitrogens with one attached hydrogen (secondary N) is 2. The van der Waals surface area contributed by atoms with Crippen molar-refractivity contribution < 1.29 is 32.3 Å². The molecule has 1 rings (SSSR count). The van der Waals surface area contributed by atoms with Crippen LogP contribution in [0.1, 0.15) is 28.5 Å². The largest absolute Gasteiger partial charge is 0.462 e. The fraction of sp³-hybridized carbons (Fsp3) is 0.400. The van der Waals surface area contributed by atoms with Crippen molar-refractivity contribution in [1.29, 1.82) is 5.26 Å². The van der Waals surface area contributed by atoms with Gasteiger partial charge in [0.05, 0.1) is 29.2 Å². The van der Waals surface area contributed by atoms with E-state index in [4.69, 9.17) is 4.74 Å². The summed E-state index contributed by atoms with van der Waals surface area (Å²) in [5, 5.41) is 12.5. The molecule has 3 amide bonds. The topological polar surface area (TPSA) is 121 Å². The molecule has 0 aromatic carbocycles. The minimum Gasteiger partial charge on any atom is -0.462 e. The molecule has 1 aromatic heterocycles. The van der Waals surface area contributed by atoms with Gasteiger partial charge in [-0.3, -0.25) is 10.1 Å². The number of carbonyl (C=O) groups excluding carboxylic acids is 3. The zero-order valence-electron chi connectivity index (χ0n) is 14.3. The van der Waals surface area contributed by atoms with Crippen molar-refractivity contribution in [3.8, 4) is 6.07 Å². The summed E-state index contributed by atoms with van der Waals surface area (Å²) in [6.07, 6.45) is -4.60. The Bertz CT molecular complexity index is 778. The summed E-state index contributed by atoms with van der Waals surface area (Å²) >= 11 is 0.793. The monoisotopic (exact) mass is 404 g/mol. The summed E-state index contributed by atoms with van der Waals surface area (Å²) in [4.78, 5) is 38.7. The van der Waals surface area contributed by atoms with Crippen LogP contribution in [0.5, 0.6) is 0 Å². The Hall–Kier alpha value is -2.81. The number of rotatable bonds is 6. The second-order valence-electron chi connectivity index (χ2n) is 4.94. The Kier molecular flexibility index (Phi) is 8.04. The molecule has 0 saturated carbocycles. The van der Waals surface area contributed by atoms with E-state index >= 15 is 0 Å². The number of hydrogen-bond acceptors (Lipinski definition) is 7. The first-order valence-corrected chi connectivity index (χ1v) is 8.42. The molecule has 0 atom stereocenters. The van der Waals surface area contributed by atoms with Crippen LogP contribution >= 0.6 is 11.8 Å². The lowest BCUT2D eigenvalue weighted by Gasteiger charge is -2.10. The lowest BCUT2D eigenvalue weighted by atomic mass is 10.1. The molecule has 0 unspecified atom stereocenters. The first-order valence-electron chi connectivity index (χ1n) is 7.43. The maximum atomic E-state index is 12.0. The minimum atomic E-state index is -4.60. The summed E-state index contributed by atoms with van der Waals surface area (Å²) in [6, 6.07) is 1.82. The Morgan fingerprint density at radius 1 is 1.37 bits per heavy atom. The van der Waals surface area contributed by atoms with Gasteiger partial charge in [0.1, 0.15) is 17.6 Å². The Labute approximate surface area is 156 Å². The normalized spacial score (nSPS) is 10.7. The van der Waals surface area contributed by atoms with Crippen molar-refractivity contribution in [2.24, 2.45) is 0 Å². The molecule has 0 aliphatic heterocycles. The number of esters is 1. The highest BCUT2D eigenvalue weighted by Gasteiger charge is 2.28. The minimum absolute atomic E-state index is 0.0166. The standard InChI is InChI=1S/C15H15F3N4O4S/c1-3-26-13(24)10-4-9(5-19)12(21-8(10)2)27-6-11(23)22-14(25)20-7-15(16,17)18/h4H,3,6-7H2,1-2H3,(H2,20,22,23,25). The fourth-order valence-electron chi connectivity index (χ4n) is 1.71. The van der Waals surface area contributed by atoms with E-state index < -0.39 is 30.6 Å². The van der Waals surface area contributed by atoms with Crippen LogP contribution in [0.4, 0.5) is 18.0 Å².